The van der Waals surface area contributed by atoms with Crippen molar-refractivity contribution in [1.29, 1.82) is 0 Å². The Hall–Kier alpha value is -1.57. The van der Waals surface area contributed by atoms with Gasteiger partial charge in [-0.1, -0.05) is 153 Å². The summed E-state index contributed by atoms with van der Waals surface area (Å²) in [5.41, 5.74) is 1.39. The maximum Gasteiger partial charge on any atom is 0.257 e. The third kappa shape index (κ3) is 12.8. The fourth-order valence-electron chi connectivity index (χ4n) is 5.29. The third-order valence-corrected chi connectivity index (χ3v) is 7.44. The summed E-state index contributed by atoms with van der Waals surface area (Å²) >= 11 is 0. The van der Waals surface area contributed by atoms with E-state index in [2.05, 4.69) is 66.1 Å². The van der Waals surface area contributed by atoms with Crippen LogP contribution in [0, 0.1) is 0 Å². The molecule has 2 aromatic rings. The SMILES string of the molecule is CCCCCCCCCCCC[C@H](CCCCCCCCC)c1[nH]cc[n+]1Cc1ccccc1. The third-order valence-electron chi connectivity index (χ3n) is 7.44. The first kappa shape index (κ1) is 28.7. The zero-order chi connectivity index (χ0) is 24.1. The number of unbranched alkanes of at least 4 members (excludes halogenated alkanes) is 15. The monoisotopic (exact) mass is 467 g/mol. The van der Waals surface area contributed by atoms with Gasteiger partial charge in [-0.25, -0.2) is 9.55 Å². The lowest BCUT2D eigenvalue weighted by molar-refractivity contribution is -0.695. The van der Waals surface area contributed by atoms with Gasteiger partial charge in [0.15, 0.2) is 0 Å². The van der Waals surface area contributed by atoms with E-state index in [1.54, 1.807) is 0 Å². The first-order valence-electron chi connectivity index (χ1n) is 15.0. The first-order chi connectivity index (χ1) is 16.8. The minimum absolute atomic E-state index is 0.670. The number of rotatable bonds is 22. The molecular weight excluding hydrogens is 412 g/mol. The lowest BCUT2D eigenvalue weighted by atomic mass is 9.93. The number of nitrogens with zero attached hydrogens (tertiary/aromatic N) is 1. The van der Waals surface area contributed by atoms with Gasteiger partial charge in [-0.3, -0.25) is 0 Å². The molecule has 0 amide bonds. The first-order valence-corrected chi connectivity index (χ1v) is 15.0. The van der Waals surface area contributed by atoms with Crippen molar-refractivity contribution in [3.63, 3.8) is 0 Å². The Balaban J connectivity index is 1.77. The number of aromatic nitrogens is 2. The van der Waals surface area contributed by atoms with E-state index in [-0.39, 0.29) is 0 Å². The van der Waals surface area contributed by atoms with Crippen molar-refractivity contribution in [2.24, 2.45) is 0 Å². The number of H-pyrrole nitrogens is 1. The quantitative estimate of drug-likeness (QED) is 0.131. The average molecular weight is 468 g/mol. The molecule has 1 aromatic heterocycles. The van der Waals surface area contributed by atoms with Crippen LogP contribution in [-0.4, -0.2) is 4.98 Å². The number of nitrogens with one attached hydrogen (secondary N) is 1. The summed E-state index contributed by atoms with van der Waals surface area (Å²) in [5.74, 6) is 2.12. The molecule has 0 aliphatic rings. The Kier molecular flexibility index (Phi) is 16.6. The van der Waals surface area contributed by atoms with Crippen LogP contribution in [0.5, 0.6) is 0 Å². The molecule has 0 spiro atoms. The normalized spacial score (nSPS) is 12.3. The van der Waals surface area contributed by atoms with Crippen LogP contribution in [0.15, 0.2) is 42.7 Å². The van der Waals surface area contributed by atoms with Gasteiger partial charge in [0, 0.05) is 0 Å². The molecule has 192 valence electrons. The van der Waals surface area contributed by atoms with Crippen LogP contribution < -0.4 is 4.57 Å². The van der Waals surface area contributed by atoms with E-state index in [0.717, 1.165) is 6.54 Å². The van der Waals surface area contributed by atoms with Crippen LogP contribution in [0.25, 0.3) is 0 Å². The summed E-state index contributed by atoms with van der Waals surface area (Å²) in [4.78, 5) is 3.64. The number of hydrogen-bond acceptors (Lipinski definition) is 0. The van der Waals surface area contributed by atoms with Crippen molar-refractivity contribution in [3.05, 3.63) is 54.1 Å². The van der Waals surface area contributed by atoms with E-state index in [9.17, 15) is 0 Å². The van der Waals surface area contributed by atoms with Crippen LogP contribution in [0.2, 0.25) is 0 Å². The summed E-state index contributed by atoms with van der Waals surface area (Å²) in [6.07, 6.45) is 31.0. The fraction of sp³-hybridized carbons (Fsp3) is 0.719. The second-order valence-corrected chi connectivity index (χ2v) is 10.5. The topological polar surface area (TPSA) is 19.7 Å². The number of hydrogen-bond donors (Lipinski definition) is 1. The highest BCUT2D eigenvalue weighted by Gasteiger charge is 2.22. The lowest BCUT2D eigenvalue weighted by Gasteiger charge is -2.14. The largest absolute Gasteiger partial charge is 0.257 e. The molecule has 2 rings (SSSR count). The molecule has 1 N–H and O–H groups in total. The Labute approximate surface area is 212 Å². The van der Waals surface area contributed by atoms with Gasteiger partial charge < -0.3 is 0 Å². The van der Waals surface area contributed by atoms with Crippen LogP contribution >= 0.6 is 0 Å². The van der Waals surface area contributed by atoms with Crippen molar-refractivity contribution >= 4 is 0 Å². The Morgan fingerprint density at radius 1 is 0.618 bits per heavy atom. The highest BCUT2D eigenvalue weighted by molar-refractivity contribution is 5.13. The molecule has 1 atom stereocenters. The highest BCUT2D eigenvalue weighted by Crippen LogP contribution is 2.26. The summed E-state index contributed by atoms with van der Waals surface area (Å²) in [7, 11) is 0. The molecule has 0 fully saturated rings. The predicted octanol–water partition coefficient (Wildman–Crippen LogP) is 9.89. The molecule has 0 aliphatic heterocycles. The molecule has 0 saturated heterocycles. The van der Waals surface area contributed by atoms with Crippen molar-refractivity contribution in [2.45, 2.75) is 148 Å². The predicted molar refractivity (Wildman–Crippen MR) is 148 cm³/mol. The molecule has 1 aromatic carbocycles. The van der Waals surface area contributed by atoms with Crippen molar-refractivity contribution in [2.75, 3.05) is 0 Å². The Morgan fingerprint density at radius 2 is 1.09 bits per heavy atom. The molecule has 0 radical (unpaired) electrons. The molecule has 1 heterocycles. The number of aromatic amines is 1. The van der Waals surface area contributed by atoms with Crippen LogP contribution in [0.4, 0.5) is 0 Å². The smallest absolute Gasteiger partial charge is 0.247 e. The Bertz CT molecular complexity index is 690. The van der Waals surface area contributed by atoms with E-state index in [0.29, 0.717) is 5.92 Å². The molecule has 0 unspecified atom stereocenters. The maximum atomic E-state index is 3.64. The summed E-state index contributed by atoms with van der Waals surface area (Å²) in [6.45, 7) is 5.59. The van der Waals surface area contributed by atoms with Gasteiger partial charge >= 0.3 is 0 Å². The maximum absolute atomic E-state index is 3.64. The minimum Gasteiger partial charge on any atom is -0.247 e. The second kappa shape index (κ2) is 19.7. The van der Waals surface area contributed by atoms with Gasteiger partial charge in [-0.15, -0.1) is 0 Å². The zero-order valence-corrected chi connectivity index (χ0v) is 22.7. The van der Waals surface area contributed by atoms with Crippen molar-refractivity contribution in [1.82, 2.24) is 4.98 Å². The minimum atomic E-state index is 0.670. The zero-order valence-electron chi connectivity index (χ0n) is 22.7. The van der Waals surface area contributed by atoms with E-state index in [4.69, 9.17) is 0 Å². The molecule has 2 nitrogen and oxygen atoms in total. The second-order valence-electron chi connectivity index (χ2n) is 10.5. The van der Waals surface area contributed by atoms with Crippen molar-refractivity contribution < 1.29 is 4.57 Å². The van der Waals surface area contributed by atoms with Crippen molar-refractivity contribution in [3.8, 4) is 0 Å². The van der Waals surface area contributed by atoms with Gasteiger partial charge in [-0.2, -0.15) is 0 Å². The van der Waals surface area contributed by atoms with Gasteiger partial charge in [0.05, 0.1) is 5.92 Å². The van der Waals surface area contributed by atoms with Gasteiger partial charge in [0.25, 0.3) is 5.82 Å². The van der Waals surface area contributed by atoms with Crippen LogP contribution in [-0.2, 0) is 6.54 Å². The van der Waals surface area contributed by atoms with E-state index in [1.807, 2.05) is 0 Å². The standard InChI is InChI=1S/C32H54N2/c1-3-5-7-9-11-12-13-15-17-22-26-31(25-21-16-14-10-8-6-4-2)32-33-27-28-34(32)29-30-23-19-18-20-24-30/h18-20,23-24,27-28,31H,3-17,21-22,25-26,29H2,1-2H3/p+1/t31-/m0/s1. The molecule has 0 aliphatic carbocycles. The summed E-state index contributed by atoms with van der Waals surface area (Å²) in [5, 5.41) is 0. The van der Waals surface area contributed by atoms with E-state index >= 15 is 0 Å². The number of imidazole rings is 1. The molecule has 34 heavy (non-hydrogen) atoms. The molecule has 2 heteroatoms. The average Bonchev–Trinajstić information content (AvgIpc) is 3.31. The van der Waals surface area contributed by atoms with E-state index < -0.39 is 0 Å². The van der Waals surface area contributed by atoms with Crippen LogP contribution in [0.1, 0.15) is 153 Å². The molecular formula is C32H55N2+. The summed E-state index contributed by atoms with van der Waals surface area (Å²) < 4.78 is 2.47. The van der Waals surface area contributed by atoms with Crippen LogP contribution in [0.3, 0.4) is 0 Å². The summed E-state index contributed by atoms with van der Waals surface area (Å²) in [6, 6.07) is 10.9. The van der Waals surface area contributed by atoms with E-state index in [1.165, 1.54) is 133 Å². The Morgan fingerprint density at radius 3 is 1.59 bits per heavy atom. The van der Waals surface area contributed by atoms with Gasteiger partial charge in [0.2, 0.25) is 0 Å². The number of benzene rings is 1. The molecule has 0 saturated carbocycles. The highest BCUT2D eigenvalue weighted by atomic mass is 15.1. The van der Waals surface area contributed by atoms with Gasteiger partial charge in [0.1, 0.15) is 18.9 Å². The molecule has 0 bridgehead atoms. The van der Waals surface area contributed by atoms with Gasteiger partial charge in [-0.05, 0) is 18.4 Å². The fourth-order valence-corrected chi connectivity index (χ4v) is 5.29. The lowest BCUT2D eigenvalue weighted by Crippen LogP contribution is -2.38.